The highest BCUT2D eigenvalue weighted by Crippen LogP contribution is 2.63. The summed E-state index contributed by atoms with van der Waals surface area (Å²) in [5.41, 5.74) is 17.0. The van der Waals surface area contributed by atoms with Crippen LogP contribution >= 0.6 is 0 Å². The van der Waals surface area contributed by atoms with Crippen molar-refractivity contribution < 1.29 is 0 Å². The quantitative estimate of drug-likeness (QED) is 0.265. The predicted molar refractivity (Wildman–Crippen MR) is 140 cm³/mol. The first-order chi connectivity index (χ1) is 16.1. The third-order valence-corrected chi connectivity index (χ3v) is 8.17. The van der Waals surface area contributed by atoms with Crippen molar-refractivity contribution in [3.8, 4) is 22.3 Å². The molecule has 0 radical (unpaired) electrons. The van der Waals surface area contributed by atoms with Gasteiger partial charge in [-0.05, 0) is 92.4 Å². The molecule has 1 spiro atoms. The van der Waals surface area contributed by atoms with Gasteiger partial charge >= 0.3 is 0 Å². The van der Waals surface area contributed by atoms with Crippen LogP contribution in [0.1, 0.15) is 72.2 Å². The molecule has 0 aliphatic heterocycles. The van der Waals surface area contributed by atoms with E-state index in [0.29, 0.717) is 0 Å². The van der Waals surface area contributed by atoms with Crippen LogP contribution in [0.5, 0.6) is 0 Å². The highest BCUT2D eigenvalue weighted by molar-refractivity contribution is 5.95. The lowest BCUT2D eigenvalue weighted by molar-refractivity contribution is 0.785. The maximum atomic E-state index is 2.51. The molecule has 6 rings (SSSR count). The van der Waals surface area contributed by atoms with Crippen LogP contribution in [0.3, 0.4) is 0 Å². The zero-order chi connectivity index (χ0) is 22.7. The lowest BCUT2D eigenvalue weighted by Gasteiger charge is -2.31. The minimum Gasteiger partial charge on any atom is -0.0613 e. The minimum atomic E-state index is -0.220. The average Bonchev–Trinajstić information content (AvgIpc) is 3.33. The van der Waals surface area contributed by atoms with Gasteiger partial charge in [0.05, 0.1) is 5.41 Å². The zero-order valence-electron chi connectivity index (χ0n) is 20.3. The van der Waals surface area contributed by atoms with Crippen molar-refractivity contribution in [3.05, 3.63) is 117 Å². The molecule has 0 fully saturated rings. The van der Waals surface area contributed by atoms with E-state index in [0.717, 1.165) is 25.7 Å². The van der Waals surface area contributed by atoms with Crippen molar-refractivity contribution in [2.24, 2.45) is 0 Å². The Kier molecular flexibility index (Phi) is 4.63. The Morgan fingerprint density at radius 2 is 0.636 bits per heavy atom. The monoisotopic (exact) mass is 428 g/mol. The number of rotatable bonds is 4. The van der Waals surface area contributed by atoms with Gasteiger partial charge in [-0.2, -0.15) is 0 Å². The summed E-state index contributed by atoms with van der Waals surface area (Å²) in [6.07, 6.45) is 4.24. The van der Waals surface area contributed by atoms with E-state index < -0.39 is 0 Å². The summed E-state index contributed by atoms with van der Waals surface area (Å²) in [7, 11) is 0. The number of fused-ring (bicyclic) bond motifs is 10. The van der Waals surface area contributed by atoms with E-state index in [1.165, 1.54) is 66.8 Å². The van der Waals surface area contributed by atoms with E-state index in [1.54, 1.807) is 0 Å². The molecule has 2 aliphatic rings. The Morgan fingerprint density at radius 1 is 0.394 bits per heavy atom. The van der Waals surface area contributed by atoms with Crippen LogP contribution in [0.15, 0.2) is 72.8 Å². The molecule has 0 saturated carbocycles. The second kappa shape index (κ2) is 7.45. The van der Waals surface area contributed by atoms with Gasteiger partial charge in [0.2, 0.25) is 0 Å². The van der Waals surface area contributed by atoms with Crippen LogP contribution in [0.4, 0.5) is 0 Å². The molecule has 0 saturated heterocycles. The van der Waals surface area contributed by atoms with Gasteiger partial charge in [0.15, 0.2) is 0 Å². The molecule has 0 heteroatoms. The second-order valence-corrected chi connectivity index (χ2v) is 9.68. The molecule has 0 N–H and O–H groups in total. The smallest absolute Gasteiger partial charge is 0.0613 e. The highest BCUT2D eigenvalue weighted by Gasteiger charge is 2.51. The van der Waals surface area contributed by atoms with Crippen LogP contribution in [-0.4, -0.2) is 0 Å². The summed E-state index contributed by atoms with van der Waals surface area (Å²) < 4.78 is 0. The fourth-order valence-electron chi connectivity index (χ4n) is 6.30. The Balaban J connectivity index is 1.82. The van der Waals surface area contributed by atoms with Crippen LogP contribution in [0.2, 0.25) is 0 Å². The summed E-state index contributed by atoms with van der Waals surface area (Å²) in [6.45, 7) is 9.08. The lowest BCUT2D eigenvalue weighted by atomic mass is 9.69. The van der Waals surface area contributed by atoms with Crippen molar-refractivity contribution in [3.63, 3.8) is 0 Å². The van der Waals surface area contributed by atoms with Crippen molar-refractivity contribution >= 4 is 0 Å². The van der Waals surface area contributed by atoms with Gasteiger partial charge < -0.3 is 0 Å². The van der Waals surface area contributed by atoms with Crippen LogP contribution in [0, 0.1) is 0 Å². The third-order valence-electron chi connectivity index (χ3n) is 8.17. The molecule has 0 bridgehead atoms. The fourth-order valence-corrected chi connectivity index (χ4v) is 6.30. The van der Waals surface area contributed by atoms with E-state index in [9.17, 15) is 0 Å². The largest absolute Gasteiger partial charge is 0.0725 e. The summed E-state index contributed by atoms with van der Waals surface area (Å²) >= 11 is 0. The Morgan fingerprint density at radius 3 is 0.848 bits per heavy atom. The first-order valence-electron chi connectivity index (χ1n) is 12.7. The fraction of sp³-hybridized carbons (Fsp3) is 0.273. The average molecular weight is 429 g/mol. The van der Waals surface area contributed by atoms with Crippen molar-refractivity contribution in [2.45, 2.75) is 58.8 Å². The minimum absolute atomic E-state index is 0.220. The van der Waals surface area contributed by atoms with Crippen LogP contribution < -0.4 is 0 Å². The molecule has 0 amide bonds. The van der Waals surface area contributed by atoms with Crippen molar-refractivity contribution in [1.29, 1.82) is 0 Å². The molecule has 4 aromatic rings. The molecular formula is C33H32. The Hall–Kier alpha value is -3.12. The highest BCUT2D eigenvalue weighted by atomic mass is 14.5. The van der Waals surface area contributed by atoms with Gasteiger partial charge in [0, 0.05) is 0 Å². The number of hydrogen-bond donors (Lipinski definition) is 0. The lowest BCUT2D eigenvalue weighted by Crippen LogP contribution is -2.26. The van der Waals surface area contributed by atoms with E-state index in [-0.39, 0.29) is 5.41 Å². The van der Waals surface area contributed by atoms with Gasteiger partial charge in [-0.3, -0.25) is 0 Å². The maximum Gasteiger partial charge on any atom is 0.0725 e. The topological polar surface area (TPSA) is 0 Å². The summed E-state index contributed by atoms with van der Waals surface area (Å²) in [4.78, 5) is 0. The van der Waals surface area contributed by atoms with E-state index >= 15 is 0 Å². The van der Waals surface area contributed by atoms with Crippen molar-refractivity contribution in [1.82, 2.24) is 0 Å². The maximum absolute atomic E-state index is 2.51. The number of benzene rings is 4. The molecule has 0 aromatic heterocycles. The molecule has 0 heterocycles. The normalized spacial score (nSPS) is 14.2. The molecule has 0 atom stereocenters. The van der Waals surface area contributed by atoms with Crippen LogP contribution in [-0.2, 0) is 31.1 Å². The predicted octanol–water partition coefficient (Wildman–Crippen LogP) is 8.28. The molecular weight excluding hydrogens is 396 g/mol. The first kappa shape index (κ1) is 20.5. The Labute approximate surface area is 198 Å². The van der Waals surface area contributed by atoms with Crippen molar-refractivity contribution in [2.75, 3.05) is 0 Å². The molecule has 164 valence electrons. The van der Waals surface area contributed by atoms with E-state index in [1.807, 2.05) is 0 Å². The van der Waals surface area contributed by atoms with E-state index in [2.05, 4.69) is 100 Å². The second-order valence-electron chi connectivity index (χ2n) is 9.68. The zero-order valence-corrected chi connectivity index (χ0v) is 20.3. The molecule has 33 heavy (non-hydrogen) atoms. The summed E-state index contributed by atoms with van der Waals surface area (Å²) in [5.74, 6) is 0. The molecule has 4 aromatic carbocycles. The standard InChI is InChI=1S/C33H32/c1-5-21-9-13-25-26-14-10-22(6-2)18-30(26)33(29(25)17-21)31-19-23(7-3)11-15-27(31)28-16-12-24(8-4)20-32(28)33/h9-20H,5-8H2,1-4H3. The van der Waals surface area contributed by atoms with Crippen LogP contribution in [0.25, 0.3) is 22.3 Å². The third kappa shape index (κ3) is 2.64. The summed E-state index contributed by atoms with van der Waals surface area (Å²) in [5, 5.41) is 0. The summed E-state index contributed by atoms with van der Waals surface area (Å²) in [6, 6.07) is 28.9. The Bertz CT molecular complexity index is 1180. The van der Waals surface area contributed by atoms with E-state index in [4.69, 9.17) is 0 Å². The van der Waals surface area contributed by atoms with Gasteiger partial charge in [0.1, 0.15) is 0 Å². The first-order valence-corrected chi connectivity index (χ1v) is 12.7. The van der Waals surface area contributed by atoms with Gasteiger partial charge in [0.25, 0.3) is 0 Å². The number of hydrogen-bond acceptors (Lipinski definition) is 0. The van der Waals surface area contributed by atoms with Gasteiger partial charge in [-0.25, -0.2) is 0 Å². The molecule has 0 unspecified atom stereocenters. The molecule has 0 nitrogen and oxygen atoms in total. The van der Waals surface area contributed by atoms with Gasteiger partial charge in [-0.15, -0.1) is 0 Å². The number of aryl methyl sites for hydroxylation is 4. The van der Waals surface area contributed by atoms with Gasteiger partial charge in [-0.1, -0.05) is 100 Å². The SMILES string of the molecule is CCc1ccc2c(c1)C1(c3cc(CC)ccc3-2)c2cc(CC)ccc2-c2ccc(CC)cc21. The molecule has 2 aliphatic carbocycles.